The number of fused-ring (bicyclic) bond motifs is 1. The number of anilines is 1. The van der Waals surface area contributed by atoms with Gasteiger partial charge in [-0.25, -0.2) is 14.8 Å². The largest absolute Gasteiger partial charge is 0.444 e. The van der Waals surface area contributed by atoms with Crippen LogP contribution < -0.4 is 10.2 Å². The van der Waals surface area contributed by atoms with E-state index < -0.39 is 5.60 Å². The summed E-state index contributed by atoms with van der Waals surface area (Å²) in [6.07, 6.45) is 5.37. The molecule has 1 aliphatic heterocycles. The van der Waals surface area contributed by atoms with Gasteiger partial charge in [-0.3, -0.25) is 4.34 Å². The van der Waals surface area contributed by atoms with E-state index >= 15 is 0 Å². The molecule has 1 amide bonds. The predicted octanol–water partition coefficient (Wildman–Crippen LogP) is 4.59. The molecule has 3 aromatic rings. The van der Waals surface area contributed by atoms with Gasteiger partial charge in [-0.1, -0.05) is 12.1 Å². The van der Waals surface area contributed by atoms with Gasteiger partial charge in [-0.2, -0.15) is 4.98 Å². The Hall–Kier alpha value is -2.38. The van der Waals surface area contributed by atoms with Gasteiger partial charge in [0.25, 0.3) is 0 Å². The van der Waals surface area contributed by atoms with Crippen LogP contribution in [0.3, 0.4) is 0 Å². The van der Waals surface area contributed by atoms with Crippen molar-refractivity contribution < 1.29 is 9.53 Å². The van der Waals surface area contributed by atoms with Crippen LogP contribution in [0.15, 0.2) is 35.5 Å². The molecule has 3 heterocycles. The lowest BCUT2D eigenvalue weighted by atomic mass is 9.97. The van der Waals surface area contributed by atoms with E-state index in [0.717, 1.165) is 48.4 Å². The smallest absolute Gasteiger partial charge is 0.407 e. The number of nitrogens with zero attached hydrogens (tertiary/aromatic N) is 5. The van der Waals surface area contributed by atoms with Crippen LogP contribution in [-0.4, -0.2) is 56.9 Å². The summed E-state index contributed by atoms with van der Waals surface area (Å²) < 4.78 is 7.20. The molecule has 0 spiro atoms. The van der Waals surface area contributed by atoms with E-state index in [1.54, 1.807) is 18.1 Å². The number of amides is 1. The number of nitrogens with one attached hydrogen (secondary N) is 1. The molecule has 1 unspecified atom stereocenters. The van der Waals surface area contributed by atoms with Crippen LogP contribution in [0, 0.1) is 5.92 Å². The van der Waals surface area contributed by atoms with E-state index in [0.29, 0.717) is 18.4 Å². The van der Waals surface area contributed by atoms with Gasteiger partial charge in [0.2, 0.25) is 5.95 Å². The summed E-state index contributed by atoms with van der Waals surface area (Å²) >= 11 is 1.72. The second-order valence-electron chi connectivity index (χ2n) is 9.24. The molecule has 0 aliphatic carbocycles. The van der Waals surface area contributed by atoms with Crippen molar-refractivity contribution in [3.63, 3.8) is 0 Å². The topological polar surface area (TPSA) is 85.2 Å². The summed E-state index contributed by atoms with van der Waals surface area (Å²) in [4.78, 5) is 29.7. The number of imidazole rings is 1. The lowest BCUT2D eigenvalue weighted by Crippen LogP contribution is -2.40. The first kappa shape index (κ1) is 23.8. The zero-order valence-corrected chi connectivity index (χ0v) is 21.5. The molecule has 1 atom stereocenters. The van der Waals surface area contributed by atoms with Crippen molar-refractivity contribution in [3.8, 4) is 11.3 Å². The quantitative estimate of drug-likeness (QED) is 0.417. The zero-order chi connectivity index (χ0) is 23.6. The van der Waals surface area contributed by atoms with Crippen LogP contribution >= 0.6 is 21.2 Å². The highest BCUT2D eigenvalue weighted by Gasteiger charge is 2.24. The fourth-order valence-electron chi connectivity index (χ4n) is 3.88. The van der Waals surface area contributed by atoms with Crippen LogP contribution in [0.25, 0.3) is 22.4 Å². The molecule has 1 N–H and O–H groups in total. The number of hydrogen-bond donors (Lipinski definition) is 1. The normalized spacial score (nSPS) is 15.1. The highest BCUT2D eigenvalue weighted by molar-refractivity contribution is 7.98. The summed E-state index contributed by atoms with van der Waals surface area (Å²) in [6, 6.07) is 8.39. The van der Waals surface area contributed by atoms with Gasteiger partial charge in [0.15, 0.2) is 5.65 Å². The van der Waals surface area contributed by atoms with E-state index in [2.05, 4.69) is 55.1 Å². The number of benzene rings is 1. The Morgan fingerprint density at radius 3 is 2.55 bits per heavy atom. The first-order valence-corrected chi connectivity index (χ1v) is 12.8. The third kappa shape index (κ3) is 5.76. The van der Waals surface area contributed by atoms with Crippen LogP contribution in [0.5, 0.6) is 0 Å². The van der Waals surface area contributed by atoms with Crippen LogP contribution in [0.1, 0.15) is 33.6 Å². The number of alkyl carbamates (subject to hydrolysis) is 1. The van der Waals surface area contributed by atoms with Crippen LogP contribution in [0.2, 0.25) is 0 Å². The summed E-state index contributed by atoms with van der Waals surface area (Å²) in [6.45, 7) is 7.90. The molecule has 1 aliphatic rings. The molecule has 176 valence electrons. The van der Waals surface area contributed by atoms with Gasteiger partial charge < -0.3 is 15.0 Å². The second-order valence-corrected chi connectivity index (χ2v) is 10.7. The number of hydrogen-bond acceptors (Lipinski definition) is 7. The molecule has 10 heteroatoms. The van der Waals surface area contributed by atoms with Crippen molar-refractivity contribution in [3.05, 3.63) is 30.6 Å². The fraction of sp³-hybridized carbons (Fsp3) is 0.478. The number of carbonyl (C=O) groups excluding carboxylic acids is 1. The monoisotopic (exact) mass is 486 g/mol. The highest BCUT2D eigenvalue weighted by Crippen LogP contribution is 2.30. The number of carbonyl (C=O) groups is 1. The Kier molecular flexibility index (Phi) is 7.10. The second kappa shape index (κ2) is 9.85. The van der Waals surface area contributed by atoms with Crippen molar-refractivity contribution in [1.29, 1.82) is 0 Å². The number of thioether (sulfide) groups is 1. The number of ether oxygens (including phenoxy) is 1. The predicted molar refractivity (Wildman–Crippen MR) is 137 cm³/mol. The first-order valence-electron chi connectivity index (χ1n) is 11.1. The number of aromatic nitrogens is 4. The fourth-order valence-corrected chi connectivity index (χ4v) is 4.53. The molecule has 1 aromatic carbocycles. The average molecular weight is 487 g/mol. The summed E-state index contributed by atoms with van der Waals surface area (Å²) in [7, 11) is 2.65. The molecule has 1 saturated heterocycles. The molecule has 8 nitrogen and oxygen atoms in total. The highest BCUT2D eigenvalue weighted by atomic mass is 32.2. The van der Waals surface area contributed by atoms with E-state index in [9.17, 15) is 4.79 Å². The molecular weight excluding hydrogens is 455 g/mol. The maximum absolute atomic E-state index is 12.0. The summed E-state index contributed by atoms with van der Waals surface area (Å²) in [5.41, 5.74) is 2.98. The lowest BCUT2D eigenvalue weighted by Gasteiger charge is -2.32. The summed E-state index contributed by atoms with van der Waals surface area (Å²) in [5, 5.41) is 2.90. The molecule has 1 fully saturated rings. The van der Waals surface area contributed by atoms with Crippen molar-refractivity contribution >= 4 is 44.4 Å². The van der Waals surface area contributed by atoms with Gasteiger partial charge in [0, 0.05) is 30.1 Å². The third-order valence-electron chi connectivity index (χ3n) is 5.60. The third-order valence-corrected chi connectivity index (χ3v) is 6.73. The van der Waals surface area contributed by atoms with Gasteiger partial charge in [0.05, 0.1) is 0 Å². The Morgan fingerprint density at radius 2 is 1.91 bits per heavy atom. The maximum atomic E-state index is 12.0. The Labute approximate surface area is 201 Å². The van der Waals surface area contributed by atoms with Gasteiger partial charge in [0.1, 0.15) is 23.1 Å². The molecular formula is C23H31N6O2PS. The molecule has 4 rings (SSSR count). The van der Waals surface area contributed by atoms with E-state index in [-0.39, 0.29) is 6.09 Å². The first-order chi connectivity index (χ1) is 15.7. The molecule has 0 radical (unpaired) electrons. The average Bonchev–Trinajstić information content (AvgIpc) is 3.17. The maximum Gasteiger partial charge on any atom is 0.407 e. The SMILES string of the molecule is CSc1ccc(-c2nc(N3CCC(CNC(=O)OC(C)(C)C)CC3)nc3c2ncn3P)cc1. The summed E-state index contributed by atoms with van der Waals surface area (Å²) in [5.74, 6) is 1.12. The Balaban J connectivity index is 1.48. The minimum absolute atomic E-state index is 0.357. The Morgan fingerprint density at radius 1 is 1.21 bits per heavy atom. The van der Waals surface area contributed by atoms with Gasteiger partial charge >= 0.3 is 6.09 Å². The lowest BCUT2D eigenvalue weighted by molar-refractivity contribution is 0.0516. The van der Waals surface area contributed by atoms with Crippen molar-refractivity contribution in [2.24, 2.45) is 5.92 Å². The van der Waals surface area contributed by atoms with E-state index in [1.807, 2.05) is 25.1 Å². The minimum Gasteiger partial charge on any atom is -0.444 e. The van der Waals surface area contributed by atoms with Crippen molar-refractivity contribution in [2.75, 3.05) is 30.8 Å². The van der Waals surface area contributed by atoms with Crippen molar-refractivity contribution in [1.82, 2.24) is 24.6 Å². The standard InChI is InChI=1S/C23H31N6O2PS/c1-23(2,3)31-22(30)24-13-15-9-11-28(12-10-15)21-26-18(16-5-7-17(33-4)8-6-16)19-20(27-21)29(32)14-25-19/h5-8,14-15H,9-13,32H2,1-4H3,(H,24,30). The zero-order valence-electron chi connectivity index (χ0n) is 19.5. The molecule has 0 saturated carbocycles. The Bertz CT molecular complexity index is 1120. The molecule has 2 aromatic heterocycles. The number of rotatable bonds is 5. The van der Waals surface area contributed by atoms with E-state index in [1.165, 1.54) is 4.90 Å². The van der Waals surface area contributed by atoms with Gasteiger partial charge in [-0.15, -0.1) is 11.8 Å². The van der Waals surface area contributed by atoms with Crippen molar-refractivity contribution in [2.45, 2.75) is 44.1 Å². The van der Waals surface area contributed by atoms with Gasteiger partial charge in [-0.05, 0) is 67.3 Å². The molecule has 0 bridgehead atoms. The van der Waals surface area contributed by atoms with Crippen LogP contribution in [-0.2, 0) is 4.74 Å². The van der Waals surface area contributed by atoms with Crippen LogP contribution in [0.4, 0.5) is 10.7 Å². The number of piperidine rings is 1. The minimum atomic E-state index is -0.485. The molecule has 33 heavy (non-hydrogen) atoms. The van der Waals surface area contributed by atoms with E-state index in [4.69, 9.17) is 14.7 Å².